The van der Waals surface area contributed by atoms with Gasteiger partial charge in [0.25, 0.3) is 0 Å². The van der Waals surface area contributed by atoms with Crippen LogP contribution in [0.4, 0.5) is 0 Å². The molecule has 2 aliphatic rings. The summed E-state index contributed by atoms with van der Waals surface area (Å²) in [4.78, 5) is 2.45. The Hall–Kier alpha value is -1.22. The van der Waals surface area contributed by atoms with Gasteiger partial charge in [-0.1, -0.05) is 19.9 Å². The van der Waals surface area contributed by atoms with Gasteiger partial charge in [-0.15, -0.1) is 0 Å². The number of aromatic hydroxyl groups is 2. The third-order valence-corrected chi connectivity index (χ3v) is 4.45. The van der Waals surface area contributed by atoms with E-state index in [2.05, 4.69) is 11.9 Å². The third-order valence-electron chi connectivity index (χ3n) is 4.45. The second-order valence-corrected chi connectivity index (χ2v) is 5.43. The fourth-order valence-corrected chi connectivity index (χ4v) is 3.45. The summed E-state index contributed by atoms with van der Waals surface area (Å²) in [6.07, 6.45) is 4.39. The Morgan fingerprint density at radius 3 is 2.63 bits per heavy atom. The zero-order valence-corrected chi connectivity index (χ0v) is 12.2. The van der Waals surface area contributed by atoms with E-state index >= 15 is 0 Å². The highest BCUT2D eigenvalue weighted by atomic mass is 16.3. The van der Waals surface area contributed by atoms with Crippen LogP contribution in [0.3, 0.4) is 0 Å². The number of fused-ring (bicyclic) bond motifs is 2. The normalized spacial score (nSPS) is 25.8. The Labute approximate surface area is 115 Å². The van der Waals surface area contributed by atoms with E-state index in [1.807, 2.05) is 19.9 Å². The van der Waals surface area contributed by atoms with Gasteiger partial charge >= 0.3 is 0 Å². The fourth-order valence-electron chi connectivity index (χ4n) is 3.45. The molecule has 1 aliphatic heterocycles. The number of likely N-dealkylation sites (tertiary alicyclic amines) is 1. The average molecular weight is 263 g/mol. The number of hydrogen-bond acceptors (Lipinski definition) is 3. The Morgan fingerprint density at radius 1 is 1.16 bits per heavy atom. The predicted molar refractivity (Wildman–Crippen MR) is 77.7 cm³/mol. The van der Waals surface area contributed by atoms with Crippen molar-refractivity contribution in [3.8, 4) is 11.5 Å². The molecule has 1 aromatic carbocycles. The monoisotopic (exact) mass is 263 g/mol. The van der Waals surface area contributed by atoms with Crippen LogP contribution >= 0.6 is 0 Å². The summed E-state index contributed by atoms with van der Waals surface area (Å²) in [6.45, 7) is 5.18. The van der Waals surface area contributed by atoms with Crippen LogP contribution < -0.4 is 0 Å². The van der Waals surface area contributed by atoms with E-state index in [1.54, 1.807) is 6.07 Å². The lowest BCUT2D eigenvalue weighted by atomic mass is 9.75. The van der Waals surface area contributed by atoms with Crippen LogP contribution in [0.5, 0.6) is 11.5 Å². The Balaban J connectivity index is 0.000000637. The van der Waals surface area contributed by atoms with Crippen molar-refractivity contribution >= 4 is 0 Å². The number of hydrogen-bond donors (Lipinski definition) is 2. The topological polar surface area (TPSA) is 43.7 Å². The van der Waals surface area contributed by atoms with Crippen molar-refractivity contribution in [3.05, 3.63) is 23.3 Å². The van der Waals surface area contributed by atoms with Gasteiger partial charge in [-0.05, 0) is 56.8 Å². The van der Waals surface area contributed by atoms with Crippen LogP contribution in [0.25, 0.3) is 0 Å². The first-order valence-electron chi connectivity index (χ1n) is 7.39. The van der Waals surface area contributed by atoms with E-state index in [4.69, 9.17) is 0 Å². The summed E-state index contributed by atoms with van der Waals surface area (Å²) in [7, 11) is 2.20. The van der Waals surface area contributed by atoms with Gasteiger partial charge in [0, 0.05) is 11.6 Å². The van der Waals surface area contributed by atoms with Crippen molar-refractivity contribution in [2.24, 2.45) is 5.92 Å². The molecule has 1 saturated heterocycles. The number of phenols is 2. The minimum atomic E-state index is 0.0198. The molecule has 0 amide bonds. The number of phenolic OH excluding ortho intramolecular Hbond substituents is 2. The van der Waals surface area contributed by atoms with E-state index in [9.17, 15) is 10.2 Å². The van der Waals surface area contributed by atoms with Crippen molar-refractivity contribution in [1.82, 2.24) is 4.90 Å². The zero-order chi connectivity index (χ0) is 14.0. The van der Waals surface area contributed by atoms with Crippen molar-refractivity contribution in [3.63, 3.8) is 0 Å². The third kappa shape index (κ3) is 2.57. The van der Waals surface area contributed by atoms with Gasteiger partial charge in [-0.2, -0.15) is 0 Å². The molecular formula is C16H25NO2. The molecule has 3 nitrogen and oxygen atoms in total. The SMILES string of the molecule is CC.CN1CCC[C@@H]2Cc3c(ccc(O)c3O)CC21. The van der Waals surface area contributed by atoms with Gasteiger partial charge in [0.1, 0.15) is 0 Å². The molecule has 1 fully saturated rings. The summed E-state index contributed by atoms with van der Waals surface area (Å²) in [6, 6.07) is 4.18. The maximum absolute atomic E-state index is 9.94. The molecule has 2 atom stereocenters. The highest BCUT2D eigenvalue weighted by molar-refractivity contribution is 5.50. The Morgan fingerprint density at radius 2 is 1.89 bits per heavy atom. The second-order valence-electron chi connectivity index (χ2n) is 5.43. The van der Waals surface area contributed by atoms with Gasteiger partial charge < -0.3 is 15.1 Å². The average Bonchev–Trinajstić information content (AvgIpc) is 2.45. The lowest BCUT2D eigenvalue weighted by Crippen LogP contribution is -2.47. The van der Waals surface area contributed by atoms with Crippen LogP contribution in [0, 0.1) is 5.92 Å². The molecule has 3 heteroatoms. The maximum atomic E-state index is 9.94. The molecule has 1 unspecified atom stereocenters. The first-order valence-corrected chi connectivity index (χ1v) is 7.39. The van der Waals surface area contributed by atoms with Crippen molar-refractivity contribution in [2.45, 2.75) is 45.6 Å². The van der Waals surface area contributed by atoms with Crippen LogP contribution in [0.2, 0.25) is 0 Å². The quantitative estimate of drug-likeness (QED) is 0.707. The maximum Gasteiger partial charge on any atom is 0.160 e. The van der Waals surface area contributed by atoms with Gasteiger partial charge in [0.15, 0.2) is 11.5 Å². The Kier molecular flexibility index (Phi) is 4.35. The van der Waals surface area contributed by atoms with Crippen LogP contribution in [0.1, 0.15) is 37.8 Å². The number of rotatable bonds is 0. The second kappa shape index (κ2) is 5.83. The lowest BCUT2D eigenvalue weighted by molar-refractivity contribution is 0.111. The summed E-state index contributed by atoms with van der Waals surface area (Å²) in [5, 5.41) is 19.5. The van der Waals surface area contributed by atoms with Crippen molar-refractivity contribution < 1.29 is 10.2 Å². The van der Waals surface area contributed by atoms with Gasteiger partial charge in [-0.3, -0.25) is 0 Å². The largest absolute Gasteiger partial charge is 0.504 e. The number of benzene rings is 1. The molecule has 1 heterocycles. The molecule has 0 bridgehead atoms. The molecular weight excluding hydrogens is 238 g/mol. The van der Waals surface area contributed by atoms with Crippen molar-refractivity contribution in [1.29, 1.82) is 0 Å². The van der Waals surface area contributed by atoms with E-state index in [0.717, 1.165) is 18.4 Å². The summed E-state index contributed by atoms with van der Waals surface area (Å²) >= 11 is 0. The van der Waals surface area contributed by atoms with E-state index in [-0.39, 0.29) is 11.5 Å². The molecule has 0 aromatic heterocycles. The first kappa shape index (κ1) is 14.2. The molecule has 1 aliphatic carbocycles. The number of likely N-dealkylation sites (N-methyl/N-ethyl adjacent to an activating group) is 1. The van der Waals surface area contributed by atoms with Crippen LogP contribution in [-0.2, 0) is 12.8 Å². The molecule has 19 heavy (non-hydrogen) atoms. The predicted octanol–water partition coefficient (Wildman–Crippen LogP) is 2.93. The molecule has 0 spiro atoms. The molecule has 0 saturated carbocycles. The highest BCUT2D eigenvalue weighted by Gasteiger charge is 2.35. The summed E-state index contributed by atoms with van der Waals surface area (Å²) in [5.74, 6) is 0.759. The fraction of sp³-hybridized carbons (Fsp3) is 0.625. The summed E-state index contributed by atoms with van der Waals surface area (Å²) in [5.41, 5.74) is 2.18. The molecule has 0 radical (unpaired) electrons. The number of nitrogens with zero attached hydrogens (tertiary/aromatic N) is 1. The standard InChI is InChI=1S/C14H19NO2.C2H6/c1-15-6-2-3-10-7-11-9(8-12(10)15)4-5-13(16)14(11)17;1-2/h4-5,10,12,16-17H,2-3,6-8H2,1H3;1-2H3/t10-,12?;/m1./s1. The van der Waals surface area contributed by atoms with Crippen molar-refractivity contribution in [2.75, 3.05) is 13.6 Å². The Bertz CT molecular complexity index is 445. The molecule has 1 aromatic rings. The number of piperidine rings is 1. The van der Waals surface area contributed by atoms with Gasteiger partial charge in [-0.25, -0.2) is 0 Å². The van der Waals surface area contributed by atoms with E-state index in [0.29, 0.717) is 12.0 Å². The van der Waals surface area contributed by atoms with Gasteiger partial charge in [0.2, 0.25) is 0 Å². The zero-order valence-electron chi connectivity index (χ0n) is 12.2. The molecule has 2 N–H and O–H groups in total. The molecule has 106 valence electrons. The minimum absolute atomic E-state index is 0.0198. The lowest BCUT2D eigenvalue weighted by Gasteiger charge is -2.43. The first-order chi connectivity index (χ1) is 9.16. The van der Waals surface area contributed by atoms with Crippen LogP contribution in [0.15, 0.2) is 12.1 Å². The smallest absolute Gasteiger partial charge is 0.160 e. The van der Waals surface area contributed by atoms with Crippen LogP contribution in [-0.4, -0.2) is 34.7 Å². The molecule has 3 rings (SSSR count). The van der Waals surface area contributed by atoms with E-state index in [1.165, 1.54) is 24.9 Å². The minimum Gasteiger partial charge on any atom is -0.504 e. The summed E-state index contributed by atoms with van der Waals surface area (Å²) < 4.78 is 0. The highest BCUT2D eigenvalue weighted by Crippen LogP contribution is 2.41. The van der Waals surface area contributed by atoms with E-state index < -0.39 is 0 Å². The van der Waals surface area contributed by atoms with Gasteiger partial charge in [0.05, 0.1) is 0 Å².